The molecule has 2 heterocycles. The zero-order chi connectivity index (χ0) is 31.0. The van der Waals surface area contributed by atoms with Gasteiger partial charge in [-0.2, -0.15) is 55.2 Å². The molecule has 2 aromatic heterocycles. The maximum absolute atomic E-state index is 12.2. The molecule has 0 fully saturated rings. The highest BCUT2D eigenvalue weighted by Crippen LogP contribution is 2.35. The SMILES string of the molecule is O=S(=O)(O)c1ccc(Nc2nc(Cl)nc(Nc3cc(S(=O)(=O)O)c(Nc4nc(Cl)nc(Cl)n4)cc3S(=O)(=O)O)n2)cc1. The van der Waals surface area contributed by atoms with Crippen LogP contribution in [0.2, 0.25) is 15.9 Å². The first-order chi connectivity index (χ1) is 19.4. The molecule has 0 saturated carbocycles. The van der Waals surface area contributed by atoms with Crippen LogP contribution in [0, 0.1) is 0 Å². The Morgan fingerprint density at radius 2 is 0.905 bits per heavy atom. The van der Waals surface area contributed by atoms with Gasteiger partial charge in [0.05, 0.1) is 16.3 Å². The topological polar surface area (TPSA) is 277 Å². The first-order valence-electron chi connectivity index (χ1n) is 10.4. The molecule has 0 bridgehead atoms. The van der Waals surface area contributed by atoms with E-state index in [1.807, 2.05) is 0 Å². The predicted octanol–water partition coefficient (Wildman–Crippen LogP) is 2.99. The van der Waals surface area contributed by atoms with Crippen molar-refractivity contribution in [3.63, 3.8) is 0 Å². The van der Waals surface area contributed by atoms with Gasteiger partial charge in [0.15, 0.2) is 0 Å². The van der Waals surface area contributed by atoms with Gasteiger partial charge < -0.3 is 16.0 Å². The number of benzene rings is 2. The van der Waals surface area contributed by atoms with Crippen molar-refractivity contribution < 1.29 is 38.9 Å². The second-order valence-corrected chi connectivity index (χ2v) is 12.8. The fourth-order valence-corrected chi connectivity index (χ4v) is 5.42. The molecular formula is C18H12Cl3N9O9S3. The van der Waals surface area contributed by atoms with E-state index >= 15 is 0 Å². The Labute approximate surface area is 250 Å². The summed E-state index contributed by atoms with van der Waals surface area (Å²) in [5.74, 6) is -1.19. The highest BCUT2D eigenvalue weighted by Gasteiger charge is 2.26. The summed E-state index contributed by atoms with van der Waals surface area (Å²) in [6.45, 7) is 0. The lowest BCUT2D eigenvalue weighted by molar-refractivity contribution is 0.479. The average Bonchev–Trinajstić information content (AvgIpc) is 2.82. The number of aromatic nitrogens is 6. The van der Waals surface area contributed by atoms with Crippen LogP contribution >= 0.6 is 34.8 Å². The molecule has 222 valence electrons. The van der Waals surface area contributed by atoms with Crippen LogP contribution in [0.3, 0.4) is 0 Å². The lowest BCUT2D eigenvalue weighted by Gasteiger charge is -2.15. The molecule has 0 atom stereocenters. The lowest BCUT2D eigenvalue weighted by atomic mass is 10.2. The molecule has 24 heteroatoms. The molecule has 6 N–H and O–H groups in total. The Balaban J connectivity index is 1.76. The van der Waals surface area contributed by atoms with Crippen LogP contribution in [-0.4, -0.2) is 68.8 Å². The molecule has 18 nitrogen and oxygen atoms in total. The molecule has 4 aromatic rings. The van der Waals surface area contributed by atoms with E-state index in [0.717, 1.165) is 12.1 Å². The Morgan fingerprint density at radius 3 is 1.31 bits per heavy atom. The minimum absolute atomic E-state index is 0.219. The minimum Gasteiger partial charge on any atom is -0.324 e. The van der Waals surface area contributed by atoms with Crippen molar-refractivity contribution in [1.82, 2.24) is 29.9 Å². The van der Waals surface area contributed by atoms with Gasteiger partial charge in [-0.1, -0.05) is 0 Å². The number of hydrogen-bond donors (Lipinski definition) is 6. The molecule has 42 heavy (non-hydrogen) atoms. The average molecular weight is 701 g/mol. The summed E-state index contributed by atoms with van der Waals surface area (Å²) in [5, 5.41) is 6.08. The van der Waals surface area contributed by atoms with Gasteiger partial charge in [-0.05, 0) is 71.2 Å². The van der Waals surface area contributed by atoms with Crippen LogP contribution in [0.5, 0.6) is 0 Å². The quantitative estimate of drug-likeness (QED) is 0.137. The maximum Gasteiger partial charge on any atom is 0.296 e. The van der Waals surface area contributed by atoms with E-state index in [4.69, 9.17) is 39.4 Å². The molecule has 4 rings (SSSR count). The van der Waals surface area contributed by atoms with Crippen molar-refractivity contribution in [3.05, 3.63) is 52.2 Å². The third-order valence-electron chi connectivity index (χ3n) is 4.73. The Morgan fingerprint density at radius 1 is 0.524 bits per heavy atom. The summed E-state index contributed by atoms with van der Waals surface area (Å²) >= 11 is 17.3. The maximum atomic E-state index is 12.2. The summed E-state index contributed by atoms with van der Waals surface area (Å²) in [6.07, 6.45) is 0. The molecule has 2 aromatic carbocycles. The predicted molar refractivity (Wildman–Crippen MR) is 147 cm³/mol. The van der Waals surface area contributed by atoms with Crippen molar-refractivity contribution in [3.8, 4) is 0 Å². The van der Waals surface area contributed by atoms with Gasteiger partial charge in [0.2, 0.25) is 33.7 Å². The molecule has 0 aliphatic carbocycles. The fourth-order valence-electron chi connectivity index (χ4n) is 3.11. The molecular weight excluding hydrogens is 689 g/mol. The Bertz CT molecular complexity index is 2010. The van der Waals surface area contributed by atoms with Gasteiger partial charge in [-0.25, -0.2) is 0 Å². The second-order valence-electron chi connectivity index (χ2n) is 7.62. The van der Waals surface area contributed by atoms with E-state index in [1.165, 1.54) is 12.1 Å². The van der Waals surface area contributed by atoms with E-state index in [0.29, 0.717) is 12.1 Å². The summed E-state index contributed by atoms with van der Waals surface area (Å²) < 4.78 is 100. The van der Waals surface area contributed by atoms with E-state index in [9.17, 15) is 34.4 Å². The van der Waals surface area contributed by atoms with Crippen LogP contribution < -0.4 is 16.0 Å². The zero-order valence-corrected chi connectivity index (χ0v) is 24.5. The molecule has 0 radical (unpaired) electrons. The van der Waals surface area contributed by atoms with Gasteiger partial charge >= 0.3 is 0 Å². The highest BCUT2D eigenvalue weighted by atomic mass is 35.5. The van der Waals surface area contributed by atoms with E-state index in [-0.39, 0.29) is 11.6 Å². The number of nitrogens with zero attached hydrogens (tertiary/aromatic N) is 6. The van der Waals surface area contributed by atoms with Crippen molar-refractivity contribution in [2.75, 3.05) is 16.0 Å². The van der Waals surface area contributed by atoms with Gasteiger partial charge in [0.25, 0.3) is 30.4 Å². The van der Waals surface area contributed by atoms with Crippen molar-refractivity contribution in [1.29, 1.82) is 0 Å². The highest BCUT2D eigenvalue weighted by molar-refractivity contribution is 7.86. The minimum atomic E-state index is -5.11. The van der Waals surface area contributed by atoms with Crippen LogP contribution in [0.4, 0.5) is 34.9 Å². The number of rotatable bonds is 9. The van der Waals surface area contributed by atoms with E-state index < -0.39 is 84.2 Å². The standard InChI is InChI=1S/C18H12Cl3N9O9S3/c19-13-25-14(20)27-17(26-13)23-9-5-12(42(37,38)39)10(6-11(9)41(34,35)36)24-18-29-15(21)28-16(30-18)22-7-1-3-8(4-2-7)40(31,32)33/h1-6H,(H,31,32,33)(H,34,35,36)(H,37,38,39)(H,23,25,26,27)(H2,22,24,28,29,30). The number of hydrogen-bond acceptors (Lipinski definition) is 15. The zero-order valence-electron chi connectivity index (χ0n) is 19.8. The number of anilines is 6. The van der Waals surface area contributed by atoms with Crippen molar-refractivity contribution in [2.45, 2.75) is 14.7 Å². The van der Waals surface area contributed by atoms with Gasteiger partial charge in [-0.15, -0.1) is 0 Å². The smallest absolute Gasteiger partial charge is 0.296 e. The third kappa shape index (κ3) is 7.84. The first kappa shape index (κ1) is 31.4. The van der Waals surface area contributed by atoms with E-state index in [1.54, 1.807) is 0 Å². The lowest BCUT2D eigenvalue weighted by Crippen LogP contribution is -2.12. The normalized spacial score (nSPS) is 12.1. The Kier molecular flexibility index (Phi) is 8.69. The molecule has 0 aliphatic rings. The van der Waals surface area contributed by atoms with Crippen LogP contribution in [0.25, 0.3) is 0 Å². The Hall–Kier alpha value is -3.54. The number of halogens is 3. The number of nitrogens with one attached hydrogen (secondary N) is 3. The van der Waals surface area contributed by atoms with Gasteiger partial charge in [0, 0.05) is 5.69 Å². The van der Waals surface area contributed by atoms with Gasteiger partial charge in [-0.3, -0.25) is 13.7 Å². The molecule has 0 aliphatic heterocycles. The molecule has 0 unspecified atom stereocenters. The second kappa shape index (κ2) is 11.6. The molecule has 0 amide bonds. The van der Waals surface area contributed by atoms with Crippen molar-refractivity contribution in [2.24, 2.45) is 0 Å². The van der Waals surface area contributed by atoms with E-state index in [2.05, 4.69) is 45.9 Å². The van der Waals surface area contributed by atoms with Crippen LogP contribution in [0.1, 0.15) is 0 Å². The summed E-state index contributed by atoms with van der Waals surface area (Å²) in [5.41, 5.74) is -1.05. The van der Waals surface area contributed by atoms with Crippen LogP contribution in [0.15, 0.2) is 51.1 Å². The van der Waals surface area contributed by atoms with Crippen molar-refractivity contribution >= 4 is 100 Å². The monoisotopic (exact) mass is 699 g/mol. The summed E-state index contributed by atoms with van der Waals surface area (Å²) in [6, 6.07) is 5.88. The molecule has 0 saturated heterocycles. The fraction of sp³-hybridized carbons (Fsp3) is 0. The molecule has 0 spiro atoms. The summed E-state index contributed by atoms with van der Waals surface area (Å²) in [4.78, 5) is 20.1. The first-order valence-corrected chi connectivity index (χ1v) is 15.8. The largest absolute Gasteiger partial charge is 0.324 e. The third-order valence-corrected chi connectivity index (χ3v) is 7.89. The van der Waals surface area contributed by atoms with Gasteiger partial charge in [0.1, 0.15) is 9.79 Å². The summed E-state index contributed by atoms with van der Waals surface area (Å²) in [7, 11) is -14.6. The van der Waals surface area contributed by atoms with Crippen LogP contribution in [-0.2, 0) is 30.4 Å².